The van der Waals surface area contributed by atoms with Crippen LogP contribution >= 0.6 is 0 Å². The number of amides is 1. The molecule has 0 spiro atoms. The molecule has 0 aliphatic carbocycles. The largest absolute Gasteiger partial charge is 0.391 e. The maximum atomic E-state index is 11.3. The van der Waals surface area contributed by atoms with Gasteiger partial charge in [-0.05, 0) is 12.5 Å². The molecule has 0 saturated carbocycles. The fourth-order valence-electron chi connectivity index (χ4n) is 2.07. The lowest BCUT2D eigenvalue weighted by atomic mass is 10.1. The van der Waals surface area contributed by atoms with Crippen LogP contribution in [0.15, 0.2) is 18.2 Å². The van der Waals surface area contributed by atoms with Crippen LogP contribution in [0, 0.1) is 10.1 Å². The molecule has 1 amide bonds. The molecule has 1 heterocycles. The zero-order chi connectivity index (χ0) is 13.3. The number of nitro groups is 1. The van der Waals surface area contributed by atoms with Crippen molar-refractivity contribution in [1.29, 1.82) is 0 Å². The highest BCUT2D eigenvalue weighted by Gasteiger charge is 2.25. The van der Waals surface area contributed by atoms with Gasteiger partial charge in [0.25, 0.3) is 11.6 Å². The van der Waals surface area contributed by atoms with E-state index in [-0.39, 0.29) is 11.3 Å². The van der Waals surface area contributed by atoms with Crippen LogP contribution in [0.4, 0.5) is 11.4 Å². The van der Waals surface area contributed by atoms with Gasteiger partial charge in [-0.25, -0.2) is 0 Å². The maximum Gasteiger partial charge on any atom is 0.270 e. The van der Waals surface area contributed by atoms with Gasteiger partial charge in [0.1, 0.15) is 0 Å². The van der Waals surface area contributed by atoms with Gasteiger partial charge in [0.2, 0.25) is 0 Å². The summed E-state index contributed by atoms with van der Waals surface area (Å²) in [6, 6.07) is 3.99. The molecule has 0 unspecified atom stereocenters. The zero-order valence-electron chi connectivity index (χ0n) is 9.57. The lowest BCUT2D eigenvalue weighted by Gasteiger charge is -2.20. The van der Waals surface area contributed by atoms with E-state index in [1.54, 1.807) is 4.90 Å². The second-order valence-corrected chi connectivity index (χ2v) is 4.21. The predicted octanol–water partition coefficient (Wildman–Crippen LogP) is 0.265. The normalized spacial score (nSPS) is 18.9. The second kappa shape index (κ2) is 4.61. The highest BCUT2D eigenvalue weighted by Crippen LogP contribution is 2.28. The van der Waals surface area contributed by atoms with E-state index in [4.69, 9.17) is 5.73 Å². The van der Waals surface area contributed by atoms with Gasteiger partial charge in [0.15, 0.2) is 0 Å². The van der Waals surface area contributed by atoms with Crippen LogP contribution < -0.4 is 10.6 Å². The first kappa shape index (κ1) is 12.3. The third kappa shape index (κ3) is 2.25. The van der Waals surface area contributed by atoms with Crippen LogP contribution in [0.25, 0.3) is 0 Å². The predicted molar refractivity (Wildman–Crippen MR) is 64.5 cm³/mol. The number of hydrogen-bond donors (Lipinski definition) is 2. The zero-order valence-corrected chi connectivity index (χ0v) is 9.57. The fraction of sp³-hybridized carbons (Fsp3) is 0.364. The van der Waals surface area contributed by atoms with Gasteiger partial charge in [-0.1, -0.05) is 0 Å². The quantitative estimate of drug-likeness (QED) is 0.591. The van der Waals surface area contributed by atoms with E-state index in [1.807, 2.05) is 0 Å². The van der Waals surface area contributed by atoms with E-state index in [9.17, 15) is 20.0 Å². The van der Waals surface area contributed by atoms with Crippen LogP contribution in [0.3, 0.4) is 0 Å². The molecule has 1 fully saturated rings. The molecule has 1 aromatic carbocycles. The number of aliphatic hydroxyl groups excluding tert-OH is 1. The van der Waals surface area contributed by atoms with Crippen LogP contribution in [0.1, 0.15) is 16.8 Å². The van der Waals surface area contributed by atoms with Crippen molar-refractivity contribution in [2.45, 2.75) is 12.5 Å². The van der Waals surface area contributed by atoms with Crippen LogP contribution in [0.2, 0.25) is 0 Å². The third-order valence-electron chi connectivity index (χ3n) is 2.96. The molecule has 0 radical (unpaired) electrons. The average Bonchev–Trinajstić information content (AvgIpc) is 2.74. The van der Waals surface area contributed by atoms with E-state index in [2.05, 4.69) is 0 Å². The number of nitrogens with two attached hydrogens (primary N) is 1. The number of benzene rings is 1. The van der Waals surface area contributed by atoms with Crippen LogP contribution in [-0.4, -0.2) is 35.1 Å². The Hall–Kier alpha value is -2.15. The summed E-state index contributed by atoms with van der Waals surface area (Å²) in [4.78, 5) is 23.2. The minimum Gasteiger partial charge on any atom is -0.391 e. The summed E-state index contributed by atoms with van der Waals surface area (Å²) in [7, 11) is 0. The van der Waals surface area contributed by atoms with Gasteiger partial charge >= 0.3 is 0 Å². The summed E-state index contributed by atoms with van der Waals surface area (Å²) < 4.78 is 0. The molecule has 3 N–H and O–H groups in total. The van der Waals surface area contributed by atoms with Crippen molar-refractivity contribution in [1.82, 2.24) is 0 Å². The van der Waals surface area contributed by atoms with E-state index < -0.39 is 16.9 Å². The van der Waals surface area contributed by atoms with E-state index in [1.165, 1.54) is 18.2 Å². The number of hydrogen-bond acceptors (Lipinski definition) is 5. The molecule has 1 atom stereocenters. The van der Waals surface area contributed by atoms with E-state index in [0.717, 1.165) is 0 Å². The number of anilines is 1. The third-order valence-corrected chi connectivity index (χ3v) is 2.96. The molecule has 1 aliphatic rings. The van der Waals surface area contributed by atoms with Crippen molar-refractivity contribution >= 4 is 17.3 Å². The Morgan fingerprint density at radius 3 is 2.78 bits per heavy atom. The molecule has 1 aromatic rings. The van der Waals surface area contributed by atoms with Crippen molar-refractivity contribution in [2.75, 3.05) is 18.0 Å². The highest BCUT2D eigenvalue weighted by molar-refractivity contribution is 5.99. The Morgan fingerprint density at radius 1 is 1.56 bits per heavy atom. The molecular formula is C11H13N3O4. The van der Waals surface area contributed by atoms with Crippen molar-refractivity contribution in [3.8, 4) is 0 Å². The smallest absolute Gasteiger partial charge is 0.270 e. The molecule has 0 bridgehead atoms. The number of primary amides is 1. The molecular weight excluding hydrogens is 238 g/mol. The number of carbonyl (C=O) groups is 1. The average molecular weight is 251 g/mol. The SMILES string of the molecule is NC(=O)c1cc([N+](=O)[O-])ccc1N1CC[C@H](O)C1. The number of aliphatic hydroxyl groups is 1. The number of nitro benzene ring substituents is 1. The highest BCUT2D eigenvalue weighted by atomic mass is 16.6. The Morgan fingerprint density at radius 2 is 2.28 bits per heavy atom. The van der Waals surface area contributed by atoms with Gasteiger partial charge < -0.3 is 15.7 Å². The van der Waals surface area contributed by atoms with Crippen molar-refractivity contribution in [3.05, 3.63) is 33.9 Å². The van der Waals surface area contributed by atoms with Crippen LogP contribution in [0.5, 0.6) is 0 Å². The summed E-state index contributed by atoms with van der Waals surface area (Å²) in [5, 5.41) is 20.1. The van der Waals surface area contributed by atoms with Gasteiger partial charge in [-0.2, -0.15) is 0 Å². The maximum absolute atomic E-state index is 11.3. The Bertz CT molecular complexity index is 503. The molecule has 2 rings (SSSR count). The summed E-state index contributed by atoms with van der Waals surface area (Å²) in [6.45, 7) is 0.997. The minimum atomic E-state index is -0.713. The number of carbonyl (C=O) groups excluding carboxylic acids is 1. The Balaban J connectivity index is 2.41. The number of β-amino-alcohol motifs (C(OH)–C–C–N with tert-alkyl or cyclic N) is 1. The first-order chi connectivity index (χ1) is 8.49. The summed E-state index contributed by atoms with van der Waals surface area (Å²) >= 11 is 0. The van der Waals surface area contributed by atoms with Gasteiger partial charge in [0, 0.05) is 25.2 Å². The molecule has 0 aromatic heterocycles. The number of non-ortho nitro benzene ring substituents is 1. The van der Waals surface area contributed by atoms with Crippen molar-refractivity contribution in [3.63, 3.8) is 0 Å². The van der Waals surface area contributed by atoms with Crippen molar-refractivity contribution < 1.29 is 14.8 Å². The Labute approximate surface area is 103 Å². The van der Waals surface area contributed by atoms with Crippen LogP contribution in [-0.2, 0) is 0 Å². The van der Waals surface area contributed by atoms with E-state index in [0.29, 0.717) is 25.2 Å². The number of nitrogens with zero attached hydrogens (tertiary/aromatic N) is 2. The first-order valence-electron chi connectivity index (χ1n) is 5.50. The summed E-state index contributed by atoms with van der Waals surface area (Å²) in [5.41, 5.74) is 5.70. The van der Waals surface area contributed by atoms with Gasteiger partial charge in [0.05, 0.1) is 22.3 Å². The fourth-order valence-corrected chi connectivity index (χ4v) is 2.07. The molecule has 7 heteroatoms. The first-order valence-corrected chi connectivity index (χ1v) is 5.50. The second-order valence-electron chi connectivity index (χ2n) is 4.21. The van der Waals surface area contributed by atoms with Gasteiger partial charge in [-0.15, -0.1) is 0 Å². The molecule has 18 heavy (non-hydrogen) atoms. The molecule has 1 saturated heterocycles. The molecule has 96 valence electrons. The van der Waals surface area contributed by atoms with Crippen molar-refractivity contribution in [2.24, 2.45) is 5.73 Å². The lowest BCUT2D eigenvalue weighted by Crippen LogP contribution is -2.25. The standard InChI is InChI=1S/C11H13N3O4/c12-11(16)9-5-7(14(17)18)1-2-10(9)13-4-3-8(15)6-13/h1-2,5,8,15H,3-4,6H2,(H2,12,16)/t8-/m0/s1. The molecule has 1 aliphatic heterocycles. The summed E-state index contributed by atoms with van der Waals surface area (Å²) in [6.07, 6.45) is 0.163. The Kier molecular flexibility index (Phi) is 3.15. The van der Waals surface area contributed by atoms with E-state index >= 15 is 0 Å². The van der Waals surface area contributed by atoms with Gasteiger partial charge in [-0.3, -0.25) is 14.9 Å². The minimum absolute atomic E-state index is 0.110. The number of rotatable bonds is 3. The topological polar surface area (TPSA) is 110 Å². The molecule has 7 nitrogen and oxygen atoms in total. The lowest BCUT2D eigenvalue weighted by molar-refractivity contribution is -0.384. The monoisotopic (exact) mass is 251 g/mol. The summed E-state index contributed by atoms with van der Waals surface area (Å²) in [5.74, 6) is -0.713.